The highest BCUT2D eigenvalue weighted by Crippen LogP contribution is 2.26. The van der Waals surface area contributed by atoms with Crippen LogP contribution in [-0.2, 0) is 0 Å². The standard InChI is InChI=1S/C16H26FN3/c1-5-18-16(14-7-6-13(17)10-12(14)2)15-11-19(3)8-9-20(15)4/h6-7,10,15-16,18H,5,8-9,11H2,1-4H3. The van der Waals surface area contributed by atoms with Crippen LogP contribution in [0.25, 0.3) is 0 Å². The second-order valence-corrected chi connectivity index (χ2v) is 5.85. The first-order chi connectivity index (χ1) is 9.52. The Kier molecular flexibility index (Phi) is 5.13. The molecule has 1 N–H and O–H groups in total. The minimum absolute atomic E-state index is 0.157. The molecule has 1 aromatic rings. The van der Waals surface area contributed by atoms with Crippen molar-refractivity contribution >= 4 is 0 Å². The SMILES string of the molecule is CCNC(c1ccc(F)cc1C)C1CN(C)CCN1C. The number of likely N-dealkylation sites (N-methyl/N-ethyl adjacent to an activating group) is 3. The molecule has 0 bridgehead atoms. The van der Waals surface area contributed by atoms with Gasteiger partial charge in [0, 0.05) is 31.7 Å². The van der Waals surface area contributed by atoms with Crippen LogP contribution in [0, 0.1) is 12.7 Å². The fourth-order valence-corrected chi connectivity index (χ4v) is 3.07. The molecule has 1 aliphatic heterocycles. The average Bonchev–Trinajstić information content (AvgIpc) is 2.40. The summed E-state index contributed by atoms with van der Waals surface area (Å²) in [6, 6.07) is 5.79. The van der Waals surface area contributed by atoms with Crippen molar-refractivity contribution in [3.8, 4) is 0 Å². The van der Waals surface area contributed by atoms with E-state index in [1.165, 1.54) is 5.56 Å². The van der Waals surface area contributed by atoms with Gasteiger partial charge in [0.05, 0.1) is 0 Å². The van der Waals surface area contributed by atoms with Crippen LogP contribution >= 0.6 is 0 Å². The molecular formula is C16H26FN3. The summed E-state index contributed by atoms with van der Waals surface area (Å²) < 4.78 is 13.3. The molecule has 0 radical (unpaired) electrons. The number of rotatable bonds is 4. The van der Waals surface area contributed by atoms with Crippen molar-refractivity contribution in [1.29, 1.82) is 0 Å². The summed E-state index contributed by atoms with van der Waals surface area (Å²) in [5.41, 5.74) is 2.23. The Bertz CT molecular complexity index is 449. The van der Waals surface area contributed by atoms with Crippen molar-refractivity contribution in [2.24, 2.45) is 0 Å². The predicted molar refractivity (Wildman–Crippen MR) is 81.5 cm³/mol. The molecule has 20 heavy (non-hydrogen) atoms. The lowest BCUT2D eigenvalue weighted by Gasteiger charge is -2.42. The Labute approximate surface area is 121 Å². The molecule has 0 aromatic heterocycles. The van der Waals surface area contributed by atoms with Crippen molar-refractivity contribution in [2.75, 3.05) is 40.3 Å². The Morgan fingerprint density at radius 1 is 1.35 bits per heavy atom. The van der Waals surface area contributed by atoms with Gasteiger partial charge in [0.25, 0.3) is 0 Å². The zero-order valence-corrected chi connectivity index (χ0v) is 13.0. The molecule has 112 valence electrons. The van der Waals surface area contributed by atoms with Crippen molar-refractivity contribution in [3.63, 3.8) is 0 Å². The number of hydrogen-bond donors (Lipinski definition) is 1. The van der Waals surface area contributed by atoms with E-state index in [0.717, 1.165) is 31.7 Å². The van der Waals surface area contributed by atoms with Crippen molar-refractivity contribution in [2.45, 2.75) is 25.9 Å². The molecule has 1 heterocycles. The predicted octanol–water partition coefficient (Wildman–Crippen LogP) is 2.03. The van der Waals surface area contributed by atoms with Gasteiger partial charge in [0.2, 0.25) is 0 Å². The van der Waals surface area contributed by atoms with E-state index in [9.17, 15) is 4.39 Å². The van der Waals surface area contributed by atoms with Gasteiger partial charge < -0.3 is 10.2 Å². The highest BCUT2D eigenvalue weighted by atomic mass is 19.1. The quantitative estimate of drug-likeness (QED) is 0.910. The van der Waals surface area contributed by atoms with Gasteiger partial charge in [-0.3, -0.25) is 4.90 Å². The highest BCUT2D eigenvalue weighted by molar-refractivity contribution is 5.31. The molecule has 1 aliphatic rings. The molecule has 0 spiro atoms. The molecule has 3 nitrogen and oxygen atoms in total. The summed E-state index contributed by atoms with van der Waals surface area (Å²) >= 11 is 0. The summed E-state index contributed by atoms with van der Waals surface area (Å²) in [6.07, 6.45) is 0. The van der Waals surface area contributed by atoms with E-state index in [4.69, 9.17) is 0 Å². The monoisotopic (exact) mass is 279 g/mol. The number of benzene rings is 1. The third-order valence-electron chi connectivity index (χ3n) is 4.28. The lowest BCUT2D eigenvalue weighted by Crippen LogP contribution is -2.55. The van der Waals surface area contributed by atoms with E-state index in [-0.39, 0.29) is 11.9 Å². The van der Waals surface area contributed by atoms with Crippen LogP contribution in [0.2, 0.25) is 0 Å². The molecule has 2 atom stereocenters. The zero-order valence-electron chi connectivity index (χ0n) is 13.0. The lowest BCUT2D eigenvalue weighted by atomic mass is 9.93. The minimum atomic E-state index is -0.157. The van der Waals surface area contributed by atoms with Gasteiger partial charge in [-0.1, -0.05) is 13.0 Å². The third kappa shape index (κ3) is 3.37. The van der Waals surface area contributed by atoms with Gasteiger partial charge in [-0.05, 0) is 50.8 Å². The number of nitrogens with zero attached hydrogens (tertiary/aromatic N) is 2. The smallest absolute Gasteiger partial charge is 0.123 e. The molecule has 2 unspecified atom stereocenters. The summed E-state index contributed by atoms with van der Waals surface area (Å²) in [7, 11) is 4.35. The first-order valence-corrected chi connectivity index (χ1v) is 7.41. The number of nitrogens with one attached hydrogen (secondary N) is 1. The fourth-order valence-electron chi connectivity index (χ4n) is 3.07. The first-order valence-electron chi connectivity index (χ1n) is 7.41. The summed E-state index contributed by atoms with van der Waals surface area (Å²) in [4.78, 5) is 4.78. The second-order valence-electron chi connectivity index (χ2n) is 5.85. The summed E-state index contributed by atoms with van der Waals surface area (Å²) in [5, 5.41) is 3.59. The Hall–Kier alpha value is -0.970. The van der Waals surface area contributed by atoms with E-state index in [0.29, 0.717) is 6.04 Å². The van der Waals surface area contributed by atoms with Crippen LogP contribution in [0.1, 0.15) is 24.1 Å². The van der Waals surface area contributed by atoms with Crippen LogP contribution in [0.3, 0.4) is 0 Å². The van der Waals surface area contributed by atoms with Gasteiger partial charge in [0.1, 0.15) is 5.82 Å². The third-order valence-corrected chi connectivity index (χ3v) is 4.28. The van der Waals surface area contributed by atoms with E-state index in [2.05, 4.69) is 36.1 Å². The zero-order chi connectivity index (χ0) is 14.7. The Balaban J connectivity index is 2.29. The van der Waals surface area contributed by atoms with E-state index >= 15 is 0 Å². The highest BCUT2D eigenvalue weighted by Gasteiger charge is 2.31. The topological polar surface area (TPSA) is 18.5 Å². The van der Waals surface area contributed by atoms with Crippen molar-refractivity contribution in [3.05, 3.63) is 35.1 Å². The van der Waals surface area contributed by atoms with E-state index in [1.54, 1.807) is 12.1 Å². The largest absolute Gasteiger partial charge is 0.309 e. The number of piperazine rings is 1. The number of hydrogen-bond acceptors (Lipinski definition) is 3. The van der Waals surface area contributed by atoms with E-state index in [1.807, 2.05) is 13.0 Å². The average molecular weight is 279 g/mol. The molecule has 4 heteroatoms. The molecular weight excluding hydrogens is 253 g/mol. The molecule has 0 aliphatic carbocycles. The maximum Gasteiger partial charge on any atom is 0.123 e. The summed E-state index contributed by atoms with van der Waals surface area (Å²) in [6.45, 7) is 8.24. The van der Waals surface area contributed by atoms with Gasteiger partial charge in [-0.2, -0.15) is 0 Å². The fraction of sp³-hybridized carbons (Fsp3) is 0.625. The molecule has 0 saturated carbocycles. The molecule has 1 aromatic carbocycles. The Morgan fingerprint density at radius 3 is 2.75 bits per heavy atom. The number of aryl methyl sites for hydroxylation is 1. The van der Waals surface area contributed by atoms with Gasteiger partial charge in [0.15, 0.2) is 0 Å². The van der Waals surface area contributed by atoms with Crippen LogP contribution in [-0.4, -0.2) is 56.1 Å². The maximum atomic E-state index is 13.3. The number of halogens is 1. The molecule has 0 amide bonds. The van der Waals surface area contributed by atoms with Crippen LogP contribution in [0.4, 0.5) is 4.39 Å². The lowest BCUT2D eigenvalue weighted by molar-refractivity contribution is 0.0879. The van der Waals surface area contributed by atoms with Crippen molar-refractivity contribution < 1.29 is 4.39 Å². The normalized spacial score (nSPS) is 22.9. The minimum Gasteiger partial charge on any atom is -0.309 e. The van der Waals surface area contributed by atoms with Gasteiger partial charge in [-0.25, -0.2) is 4.39 Å². The second kappa shape index (κ2) is 6.66. The van der Waals surface area contributed by atoms with Crippen LogP contribution in [0.15, 0.2) is 18.2 Å². The molecule has 2 rings (SSSR count). The van der Waals surface area contributed by atoms with E-state index < -0.39 is 0 Å². The van der Waals surface area contributed by atoms with Crippen molar-refractivity contribution in [1.82, 2.24) is 15.1 Å². The van der Waals surface area contributed by atoms with Crippen LogP contribution in [0.5, 0.6) is 0 Å². The maximum absolute atomic E-state index is 13.3. The molecule has 1 fully saturated rings. The summed E-state index contributed by atoms with van der Waals surface area (Å²) in [5.74, 6) is -0.157. The first kappa shape index (κ1) is 15.4. The van der Waals surface area contributed by atoms with Gasteiger partial charge >= 0.3 is 0 Å². The van der Waals surface area contributed by atoms with Crippen LogP contribution < -0.4 is 5.32 Å². The Morgan fingerprint density at radius 2 is 2.10 bits per heavy atom. The molecule has 1 saturated heterocycles. The van der Waals surface area contributed by atoms with Gasteiger partial charge in [-0.15, -0.1) is 0 Å².